The lowest BCUT2D eigenvalue weighted by atomic mass is 10.2. The monoisotopic (exact) mass is 451 g/mol. The summed E-state index contributed by atoms with van der Waals surface area (Å²) < 4.78 is 19.7. The Morgan fingerprint density at radius 3 is 2.73 bits per heavy atom. The molecule has 0 amide bonds. The molecule has 3 aromatic rings. The van der Waals surface area contributed by atoms with Crippen LogP contribution in [0.5, 0.6) is 5.75 Å². The van der Waals surface area contributed by atoms with Gasteiger partial charge in [-0.2, -0.15) is 15.0 Å². The van der Waals surface area contributed by atoms with Gasteiger partial charge in [0, 0.05) is 30.9 Å². The van der Waals surface area contributed by atoms with E-state index in [2.05, 4.69) is 32.1 Å². The van der Waals surface area contributed by atoms with Gasteiger partial charge in [-0.3, -0.25) is 4.90 Å². The van der Waals surface area contributed by atoms with Gasteiger partial charge < -0.3 is 20.7 Å². The first-order chi connectivity index (χ1) is 16.1. The minimum absolute atomic E-state index is 0.105. The zero-order valence-corrected chi connectivity index (χ0v) is 19.0. The molecule has 1 atom stereocenters. The Morgan fingerprint density at radius 2 is 2.00 bits per heavy atom. The summed E-state index contributed by atoms with van der Waals surface area (Å²) in [6.07, 6.45) is 2.19. The number of hydrogen-bond acceptors (Lipinski definition) is 8. The lowest BCUT2D eigenvalue weighted by Crippen LogP contribution is -2.39. The molecule has 1 unspecified atom stereocenters. The van der Waals surface area contributed by atoms with E-state index in [1.54, 1.807) is 6.07 Å². The maximum atomic E-state index is 14.6. The molecular formula is C24H30FN7O. The number of methoxy groups -OCH3 is 1. The number of nitrogens with one attached hydrogen (secondary N) is 1. The van der Waals surface area contributed by atoms with Gasteiger partial charge in [0.2, 0.25) is 17.8 Å². The van der Waals surface area contributed by atoms with Gasteiger partial charge in [0.25, 0.3) is 0 Å². The number of nitrogens with two attached hydrogens (primary N) is 1. The Labute approximate surface area is 193 Å². The number of likely N-dealkylation sites (N-methyl/N-ethyl adjacent to an activating group) is 1. The Balaban J connectivity index is 1.65. The third-order valence-corrected chi connectivity index (χ3v) is 5.92. The zero-order chi connectivity index (χ0) is 23.2. The highest BCUT2D eigenvalue weighted by Crippen LogP contribution is 2.30. The summed E-state index contributed by atoms with van der Waals surface area (Å²) >= 11 is 0. The number of rotatable bonds is 9. The number of likely N-dealkylation sites (tertiary alicyclic amines) is 1. The van der Waals surface area contributed by atoms with Crippen molar-refractivity contribution in [3.8, 4) is 5.75 Å². The third kappa shape index (κ3) is 5.48. The van der Waals surface area contributed by atoms with E-state index in [1.165, 1.54) is 13.2 Å². The standard InChI is InChI=1S/C24H30FN7O/c1-3-31-13-7-10-19(31)16-32(18-11-12-21(33-2)20(25)14-18)24-29-22(26)28-23(30-24)27-15-17-8-5-4-6-9-17/h4-6,8-9,11-12,14,19H,3,7,10,13,15-16H2,1-2H3,(H3,26,27,28,29,30). The summed E-state index contributed by atoms with van der Waals surface area (Å²) in [5, 5.41) is 3.22. The number of nitrogens with zero attached hydrogens (tertiary/aromatic N) is 5. The molecule has 1 saturated heterocycles. The van der Waals surface area contributed by atoms with Crippen LogP contribution in [-0.4, -0.2) is 52.6 Å². The molecule has 3 N–H and O–H groups in total. The fraction of sp³-hybridized carbons (Fsp3) is 0.375. The molecule has 0 spiro atoms. The topological polar surface area (TPSA) is 92.4 Å². The summed E-state index contributed by atoms with van der Waals surface area (Å²) in [7, 11) is 1.45. The van der Waals surface area contributed by atoms with Crippen LogP contribution < -0.4 is 20.7 Å². The molecule has 1 aliphatic rings. The molecule has 0 radical (unpaired) electrons. The van der Waals surface area contributed by atoms with E-state index in [-0.39, 0.29) is 11.7 Å². The van der Waals surface area contributed by atoms with Crippen molar-refractivity contribution >= 4 is 23.5 Å². The SMILES string of the molecule is CCN1CCCC1CN(c1ccc(OC)c(F)c1)c1nc(N)nc(NCc2ccccc2)n1. The Kier molecular flexibility index (Phi) is 7.19. The molecule has 4 rings (SSSR count). The molecule has 0 saturated carbocycles. The van der Waals surface area contributed by atoms with Crippen molar-refractivity contribution in [2.75, 3.05) is 42.7 Å². The molecule has 2 aromatic carbocycles. The van der Waals surface area contributed by atoms with Crippen molar-refractivity contribution < 1.29 is 9.13 Å². The Hall–Kier alpha value is -3.46. The van der Waals surface area contributed by atoms with Gasteiger partial charge in [-0.15, -0.1) is 0 Å². The number of aromatic nitrogens is 3. The van der Waals surface area contributed by atoms with Gasteiger partial charge in [0.15, 0.2) is 11.6 Å². The summed E-state index contributed by atoms with van der Waals surface area (Å²) in [5.74, 6) is 0.608. The zero-order valence-electron chi connectivity index (χ0n) is 19.0. The number of anilines is 4. The van der Waals surface area contributed by atoms with Crippen molar-refractivity contribution in [1.82, 2.24) is 19.9 Å². The first-order valence-corrected chi connectivity index (χ1v) is 11.2. The number of hydrogen-bond donors (Lipinski definition) is 2. The smallest absolute Gasteiger partial charge is 0.236 e. The third-order valence-electron chi connectivity index (χ3n) is 5.92. The highest BCUT2D eigenvalue weighted by atomic mass is 19.1. The molecule has 9 heteroatoms. The highest BCUT2D eigenvalue weighted by molar-refractivity contribution is 5.60. The van der Waals surface area contributed by atoms with E-state index in [0.29, 0.717) is 36.7 Å². The maximum absolute atomic E-state index is 14.6. The van der Waals surface area contributed by atoms with Crippen LogP contribution in [0, 0.1) is 5.82 Å². The molecule has 174 valence electrons. The van der Waals surface area contributed by atoms with Gasteiger partial charge >= 0.3 is 0 Å². The second-order valence-corrected chi connectivity index (χ2v) is 8.01. The summed E-state index contributed by atoms with van der Waals surface area (Å²) in [6.45, 7) is 5.32. The minimum Gasteiger partial charge on any atom is -0.494 e. The first-order valence-electron chi connectivity index (χ1n) is 11.2. The number of benzene rings is 2. The molecular weight excluding hydrogens is 421 g/mol. The van der Waals surface area contributed by atoms with E-state index in [4.69, 9.17) is 10.5 Å². The van der Waals surface area contributed by atoms with Crippen LogP contribution in [0.25, 0.3) is 0 Å². The minimum atomic E-state index is -0.441. The van der Waals surface area contributed by atoms with Crippen molar-refractivity contribution in [3.05, 3.63) is 59.9 Å². The lowest BCUT2D eigenvalue weighted by molar-refractivity contribution is 0.271. The normalized spacial score (nSPS) is 16.0. The molecule has 2 heterocycles. The summed E-state index contributed by atoms with van der Waals surface area (Å²) in [6, 6.07) is 15.1. The van der Waals surface area contributed by atoms with Crippen LogP contribution in [0.1, 0.15) is 25.3 Å². The Morgan fingerprint density at radius 1 is 1.18 bits per heavy atom. The highest BCUT2D eigenvalue weighted by Gasteiger charge is 2.28. The lowest BCUT2D eigenvalue weighted by Gasteiger charge is -2.30. The maximum Gasteiger partial charge on any atom is 0.236 e. The second-order valence-electron chi connectivity index (χ2n) is 8.01. The van der Waals surface area contributed by atoms with Crippen LogP contribution in [0.4, 0.5) is 27.9 Å². The fourth-order valence-corrected chi connectivity index (χ4v) is 4.21. The summed E-state index contributed by atoms with van der Waals surface area (Å²) in [5.41, 5.74) is 7.78. The van der Waals surface area contributed by atoms with E-state index in [0.717, 1.165) is 31.5 Å². The van der Waals surface area contributed by atoms with Crippen molar-refractivity contribution in [2.45, 2.75) is 32.4 Å². The van der Waals surface area contributed by atoms with E-state index in [9.17, 15) is 4.39 Å². The number of halogens is 1. The average Bonchev–Trinajstić information content (AvgIpc) is 3.29. The van der Waals surface area contributed by atoms with Crippen LogP contribution in [0.15, 0.2) is 48.5 Å². The molecule has 33 heavy (non-hydrogen) atoms. The van der Waals surface area contributed by atoms with Crippen LogP contribution >= 0.6 is 0 Å². The van der Waals surface area contributed by atoms with Crippen molar-refractivity contribution in [3.63, 3.8) is 0 Å². The number of nitrogen functional groups attached to an aromatic ring is 1. The first kappa shape index (κ1) is 22.7. The molecule has 1 fully saturated rings. The molecule has 8 nitrogen and oxygen atoms in total. The van der Waals surface area contributed by atoms with Gasteiger partial charge in [-0.25, -0.2) is 4.39 Å². The predicted molar refractivity (Wildman–Crippen MR) is 128 cm³/mol. The number of ether oxygens (including phenoxy) is 1. The largest absolute Gasteiger partial charge is 0.494 e. The van der Waals surface area contributed by atoms with Gasteiger partial charge in [-0.1, -0.05) is 37.3 Å². The van der Waals surface area contributed by atoms with Crippen molar-refractivity contribution in [1.29, 1.82) is 0 Å². The van der Waals surface area contributed by atoms with Crippen LogP contribution in [0.2, 0.25) is 0 Å². The molecule has 0 bridgehead atoms. The van der Waals surface area contributed by atoms with E-state index in [1.807, 2.05) is 41.3 Å². The predicted octanol–water partition coefficient (Wildman–Crippen LogP) is 3.84. The van der Waals surface area contributed by atoms with E-state index >= 15 is 0 Å². The molecule has 1 aliphatic heterocycles. The summed E-state index contributed by atoms with van der Waals surface area (Å²) in [4.78, 5) is 17.6. The fourth-order valence-electron chi connectivity index (χ4n) is 4.21. The average molecular weight is 452 g/mol. The van der Waals surface area contributed by atoms with Gasteiger partial charge in [-0.05, 0) is 43.6 Å². The van der Waals surface area contributed by atoms with Crippen LogP contribution in [0.3, 0.4) is 0 Å². The second kappa shape index (κ2) is 10.4. The van der Waals surface area contributed by atoms with Gasteiger partial charge in [0.1, 0.15) is 0 Å². The van der Waals surface area contributed by atoms with Gasteiger partial charge in [0.05, 0.1) is 7.11 Å². The molecule has 1 aromatic heterocycles. The quantitative estimate of drug-likeness (QED) is 0.507. The van der Waals surface area contributed by atoms with Crippen molar-refractivity contribution in [2.24, 2.45) is 0 Å². The molecule has 0 aliphatic carbocycles. The van der Waals surface area contributed by atoms with E-state index < -0.39 is 5.82 Å². The van der Waals surface area contributed by atoms with Crippen LogP contribution in [-0.2, 0) is 6.54 Å². The Bertz CT molecular complexity index is 1070.